The van der Waals surface area contributed by atoms with E-state index in [-0.39, 0.29) is 0 Å². The van der Waals surface area contributed by atoms with Gasteiger partial charge in [-0.2, -0.15) is 0 Å². The fourth-order valence-corrected chi connectivity index (χ4v) is 4.08. The Bertz CT molecular complexity index is 1210. The Kier molecular flexibility index (Phi) is 4.48. The highest BCUT2D eigenvalue weighted by atomic mass is 16.5. The summed E-state index contributed by atoms with van der Waals surface area (Å²) in [7, 11) is 0. The van der Waals surface area contributed by atoms with Crippen molar-refractivity contribution < 1.29 is 4.74 Å². The number of aryl methyl sites for hydroxylation is 2. The molecule has 0 fully saturated rings. The van der Waals surface area contributed by atoms with Crippen LogP contribution in [0.5, 0.6) is 0 Å². The smallest absolute Gasteiger partial charge is 0.222 e. The molecular weight excluding hydrogens is 366 g/mol. The maximum atomic E-state index is 6.89. The summed E-state index contributed by atoms with van der Waals surface area (Å²) in [5, 5.41) is 0. The number of rotatable bonds is 3. The van der Waals surface area contributed by atoms with Gasteiger partial charge in [0.2, 0.25) is 5.90 Å². The Hall–Kier alpha value is -3.65. The van der Waals surface area contributed by atoms with Crippen molar-refractivity contribution in [2.45, 2.75) is 19.4 Å². The highest BCUT2D eigenvalue weighted by Crippen LogP contribution is 2.47. The zero-order chi connectivity index (χ0) is 20.6. The number of hydrogen-bond donors (Lipinski definition) is 0. The van der Waals surface area contributed by atoms with Gasteiger partial charge in [0.05, 0.1) is 5.69 Å². The minimum absolute atomic E-state index is 0.637. The molecule has 1 atom stereocenters. The standard InChI is InChI=1S/C28H23NO/c1-20-12-16-22(17-13-20)27-29-26-11-7-6-10-25(26)28(30-27,23-8-4-3-5-9-23)24-18-14-21(2)15-19-24/h3-19H,1-2H3. The van der Waals surface area contributed by atoms with Gasteiger partial charge in [-0.3, -0.25) is 0 Å². The molecule has 0 N–H and O–H groups in total. The molecule has 1 unspecified atom stereocenters. The van der Waals surface area contributed by atoms with Crippen LogP contribution in [-0.2, 0) is 10.3 Å². The van der Waals surface area contributed by atoms with Crippen LogP contribution in [0.3, 0.4) is 0 Å². The minimum Gasteiger partial charge on any atom is -0.456 e. The summed E-state index contributed by atoms with van der Waals surface area (Å²) in [6, 6.07) is 35.7. The number of nitrogens with zero attached hydrogens (tertiary/aromatic N) is 1. The van der Waals surface area contributed by atoms with Gasteiger partial charge in [0.15, 0.2) is 5.60 Å². The van der Waals surface area contributed by atoms with Gasteiger partial charge in [-0.25, -0.2) is 4.99 Å². The molecule has 1 heterocycles. The average Bonchev–Trinajstić information content (AvgIpc) is 2.80. The number of aliphatic imine (C=N–C) groups is 1. The first-order valence-electron chi connectivity index (χ1n) is 10.2. The summed E-state index contributed by atoms with van der Waals surface area (Å²) in [5.41, 5.74) is 6.80. The zero-order valence-corrected chi connectivity index (χ0v) is 17.2. The topological polar surface area (TPSA) is 21.6 Å². The molecule has 4 aromatic rings. The third-order valence-electron chi connectivity index (χ3n) is 5.69. The average molecular weight is 389 g/mol. The van der Waals surface area contributed by atoms with Gasteiger partial charge in [-0.1, -0.05) is 96.1 Å². The van der Waals surface area contributed by atoms with E-state index in [0.717, 1.165) is 27.9 Å². The van der Waals surface area contributed by atoms with Gasteiger partial charge in [0.1, 0.15) is 0 Å². The fraction of sp³-hybridized carbons (Fsp3) is 0.107. The molecule has 0 amide bonds. The highest BCUT2D eigenvalue weighted by molar-refractivity contribution is 5.98. The lowest BCUT2D eigenvalue weighted by molar-refractivity contribution is 0.137. The molecular formula is C28H23NO. The van der Waals surface area contributed by atoms with E-state index in [0.29, 0.717) is 5.90 Å². The molecule has 30 heavy (non-hydrogen) atoms. The van der Waals surface area contributed by atoms with E-state index in [1.807, 2.05) is 12.1 Å². The highest BCUT2D eigenvalue weighted by Gasteiger charge is 2.44. The lowest BCUT2D eigenvalue weighted by Gasteiger charge is -2.39. The van der Waals surface area contributed by atoms with E-state index in [4.69, 9.17) is 9.73 Å². The second kappa shape index (κ2) is 7.31. The molecule has 0 bridgehead atoms. The van der Waals surface area contributed by atoms with Crippen LogP contribution in [0.4, 0.5) is 5.69 Å². The molecule has 0 aromatic heterocycles. The Morgan fingerprint density at radius 2 is 1.17 bits per heavy atom. The Morgan fingerprint density at radius 3 is 1.87 bits per heavy atom. The summed E-state index contributed by atoms with van der Waals surface area (Å²) < 4.78 is 6.89. The van der Waals surface area contributed by atoms with Crippen LogP contribution in [0.25, 0.3) is 0 Å². The van der Waals surface area contributed by atoms with Crippen LogP contribution >= 0.6 is 0 Å². The van der Waals surface area contributed by atoms with Crippen LogP contribution in [0.1, 0.15) is 33.4 Å². The van der Waals surface area contributed by atoms with Gasteiger partial charge in [-0.05, 0) is 32.0 Å². The maximum absolute atomic E-state index is 6.89. The third kappa shape index (κ3) is 3.02. The molecule has 5 rings (SSSR count). The lowest BCUT2D eigenvalue weighted by Crippen LogP contribution is -2.37. The van der Waals surface area contributed by atoms with Crippen LogP contribution < -0.4 is 0 Å². The summed E-state index contributed by atoms with van der Waals surface area (Å²) in [4.78, 5) is 4.90. The van der Waals surface area contributed by atoms with Gasteiger partial charge in [0, 0.05) is 22.3 Å². The predicted molar refractivity (Wildman–Crippen MR) is 122 cm³/mol. The van der Waals surface area contributed by atoms with Crippen molar-refractivity contribution >= 4 is 11.6 Å². The van der Waals surface area contributed by atoms with Crippen molar-refractivity contribution in [3.63, 3.8) is 0 Å². The molecule has 0 aliphatic carbocycles. The largest absolute Gasteiger partial charge is 0.456 e. The molecule has 0 saturated carbocycles. The first-order valence-corrected chi connectivity index (χ1v) is 10.2. The van der Waals surface area contributed by atoms with Crippen molar-refractivity contribution in [3.05, 3.63) is 137 Å². The quantitative estimate of drug-likeness (QED) is 0.382. The SMILES string of the molecule is Cc1ccc(C2=Nc3ccccc3C(c3ccccc3)(c3ccc(C)cc3)O2)cc1. The van der Waals surface area contributed by atoms with Crippen LogP contribution in [0.2, 0.25) is 0 Å². The van der Waals surface area contributed by atoms with Gasteiger partial charge >= 0.3 is 0 Å². The third-order valence-corrected chi connectivity index (χ3v) is 5.69. The molecule has 2 nitrogen and oxygen atoms in total. The molecule has 1 aliphatic heterocycles. The van der Waals surface area contributed by atoms with Gasteiger partial charge in [0.25, 0.3) is 0 Å². The summed E-state index contributed by atoms with van der Waals surface area (Å²) in [6.45, 7) is 4.19. The molecule has 146 valence electrons. The molecule has 2 heteroatoms. The molecule has 0 spiro atoms. The van der Waals surface area contributed by atoms with Crippen LogP contribution in [0, 0.1) is 13.8 Å². The first kappa shape index (κ1) is 18.4. The Balaban J connectivity index is 1.80. The maximum Gasteiger partial charge on any atom is 0.222 e. The molecule has 0 radical (unpaired) electrons. The number of fused-ring (bicyclic) bond motifs is 1. The molecule has 4 aromatic carbocycles. The lowest BCUT2D eigenvalue weighted by atomic mass is 9.78. The zero-order valence-electron chi connectivity index (χ0n) is 17.2. The normalized spacial score (nSPS) is 17.6. The fourth-order valence-electron chi connectivity index (χ4n) is 4.08. The second-order valence-electron chi connectivity index (χ2n) is 7.82. The number of para-hydroxylation sites is 1. The summed E-state index contributed by atoms with van der Waals surface area (Å²) in [6.07, 6.45) is 0. The number of benzene rings is 4. The van der Waals surface area contributed by atoms with Crippen molar-refractivity contribution in [3.8, 4) is 0 Å². The first-order chi connectivity index (χ1) is 14.7. The summed E-state index contributed by atoms with van der Waals surface area (Å²) in [5.74, 6) is 0.637. The van der Waals surface area contributed by atoms with E-state index >= 15 is 0 Å². The Labute approximate surface area is 177 Å². The predicted octanol–water partition coefficient (Wildman–Crippen LogP) is 6.70. The van der Waals surface area contributed by atoms with Crippen LogP contribution in [-0.4, -0.2) is 5.90 Å². The van der Waals surface area contributed by atoms with Crippen molar-refractivity contribution in [2.24, 2.45) is 4.99 Å². The van der Waals surface area contributed by atoms with E-state index in [1.165, 1.54) is 11.1 Å². The number of ether oxygens (including phenoxy) is 1. The number of hydrogen-bond acceptors (Lipinski definition) is 2. The van der Waals surface area contributed by atoms with E-state index in [9.17, 15) is 0 Å². The van der Waals surface area contributed by atoms with Crippen LogP contribution in [0.15, 0.2) is 108 Å². The minimum atomic E-state index is -0.770. The second-order valence-corrected chi connectivity index (χ2v) is 7.82. The van der Waals surface area contributed by atoms with E-state index < -0.39 is 5.60 Å². The van der Waals surface area contributed by atoms with E-state index in [1.54, 1.807) is 0 Å². The van der Waals surface area contributed by atoms with Crippen molar-refractivity contribution in [2.75, 3.05) is 0 Å². The molecule has 0 saturated heterocycles. The van der Waals surface area contributed by atoms with Gasteiger partial charge in [-0.15, -0.1) is 0 Å². The van der Waals surface area contributed by atoms with Gasteiger partial charge < -0.3 is 4.74 Å². The summed E-state index contributed by atoms with van der Waals surface area (Å²) >= 11 is 0. The monoisotopic (exact) mass is 389 g/mol. The molecule has 1 aliphatic rings. The van der Waals surface area contributed by atoms with Crippen molar-refractivity contribution in [1.29, 1.82) is 0 Å². The Morgan fingerprint density at radius 1 is 0.600 bits per heavy atom. The van der Waals surface area contributed by atoms with E-state index in [2.05, 4.69) is 105 Å². The van der Waals surface area contributed by atoms with Crippen molar-refractivity contribution in [1.82, 2.24) is 0 Å².